The summed E-state index contributed by atoms with van der Waals surface area (Å²) in [6, 6.07) is 10.3. The van der Waals surface area contributed by atoms with Gasteiger partial charge in [-0.1, -0.05) is 6.07 Å². The van der Waals surface area contributed by atoms with E-state index in [9.17, 15) is 24.8 Å². The number of carbonyl (C=O) groups excluding carboxylic acids is 2. The van der Waals surface area contributed by atoms with Gasteiger partial charge in [-0.2, -0.15) is 0 Å². The molecule has 1 heterocycles. The second kappa shape index (κ2) is 8.78. The van der Waals surface area contributed by atoms with Crippen LogP contribution in [0.2, 0.25) is 0 Å². The molecule has 0 atom stereocenters. The minimum Gasteiger partial charge on any atom is -0.502 e. The molecule has 0 bridgehead atoms. The molecule has 0 aliphatic carbocycles. The van der Waals surface area contributed by atoms with Gasteiger partial charge in [0.2, 0.25) is 0 Å². The van der Waals surface area contributed by atoms with Gasteiger partial charge >= 0.3 is 11.7 Å². The van der Waals surface area contributed by atoms with Crippen LogP contribution in [0.3, 0.4) is 0 Å². The molecule has 1 fully saturated rings. The molecule has 1 aliphatic rings. The van der Waals surface area contributed by atoms with Gasteiger partial charge in [0, 0.05) is 12.6 Å². The van der Waals surface area contributed by atoms with Crippen molar-refractivity contribution >= 4 is 46.3 Å². The number of nitrogens with zero attached hydrogens (tertiary/aromatic N) is 3. The van der Waals surface area contributed by atoms with E-state index < -0.39 is 22.3 Å². The molecule has 0 radical (unpaired) electrons. The molecule has 3 rings (SSSR count). The molecule has 1 saturated heterocycles. The lowest BCUT2D eigenvalue weighted by Crippen LogP contribution is -2.28. The number of aromatic hydroxyl groups is 1. The van der Waals surface area contributed by atoms with E-state index in [1.807, 2.05) is 6.92 Å². The molecule has 30 heavy (non-hydrogen) atoms. The van der Waals surface area contributed by atoms with Gasteiger partial charge in [-0.15, -0.1) is 0 Å². The minimum absolute atomic E-state index is 0.275. The zero-order valence-corrected chi connectivity index (χ0v) is 16.9. The largest absolute Gasteiger partial charge is 0.502 e. The number of methoxy groups -OCH3 is 1. The first-order valence-corrected chi connectivity index (χ1v) is 9.61. The van der Waals surface area contributed by atoms with Crippen molar-refractivity contribution in [1.29, 1.82) is 0 Å². The number of benzene rings is 2. The Morgan fingerprint density at radius 1 is 1.30 bits per heavy atom. The van der Waals surface area contributed by atoms with E-state index in [0.29, 0.717) is 33.4 Å². The van der Waals surface area contributed by atoms with Gasteiger partial charge in [0.25, 0.3) is 5.91 Å². The number of hydrogen-bond donors (Lipinski definition) is 1. The molecular formula is C20H17N3O6S. The Morgan fingerprint density at radius 2 is 2.00 bits per heavy atom. The number of likely N-dealkylation sites (N-methyl/N-ethyl adjacent to an activating group) is 1. The van der Waals surface area contributed by atoms with Gasteiger partial charge in [-0.25, -0.2) is 9.79 Å². The number of carbonyl (C=O) groups is 2. The smallest absolute Gasteiger partial charge is 0.337 e. The Hall–Kier alpha value is -3.66. The van der Waals surface area contributed by atoms with Gasteiger partial charge in [0.05, 0.1) is 28.2 Å². The zero-order valence-electron chi connectivity index (χ0n) is 16.1. The number of amidine groups is 1. The van der Waals surface area contributed by atoms with E-state index >= 15 is 0 Å². The monoisotopic (exact) mass is 427 g/mol. The number of amides is 1. The van der Waals surface area contributed by atoms with Crippen molar-refractivity contribution in [2.45, 2.75) is 6.92 Å². The minimum atomic E-state index is -0.690. The summed E-state index contributed by atoms with van der Waals surface area (Å²) in [6.07, 6.45) is 1.52. The maximum Gasteiger partial charge on any atom is 0.337 e. The summed E-state index contributed by atoms with van der Waals surface area (Å²) in [4.78, 5) is 40.9. The first-order valence-electron chi connectivity index (χ1n) is 8.80. The molecular weight excluding hydrogens is 410 g/mol. The number of thioether (sulfide) groups is 1. The Bertz CT molecular complexity index is 1080. The van der Waals surface area contributed by atoms with E-state index in [2.05, 4.69) is 9.73 Å². The molecule has 154 valence electrons. The fourth-order valence-electron chi connectivity index (χ4n) is 2.70. The van der Waals surface area contributed by atoms with Crippen LogP contribution in [-0.2, 0) is 9.53 Å². The van der Waals surface area contributed by atoms with Crippen LogP contribution in [0.15, 0.2) is 52.4 Å². The number of hydrogen-bond acceptors (Lipinski definition) is 8. The van der Waals surface area contributed by atoms with Crippen molar-refractivity contribution in [2.75, 3.05) is 13.7 Å². The summed E-state index contributed by atoms with van der Waals surface area (Å²) in [5.41, 5.74) is 0.915. The standard InChI is InChI=1S/C20H17N3O6S/c1-3-22-18(25)17(11-12-4-9-16(24)15(10-12)23(27)28)30-20(22)21-14-7-5-13(6-8-14)19(26)29-2/h4-11,24H,3H2,1-2H3/b17-11+,21-20?. The maximum atomic E-state index is 12.7. The van der Waals surface area contributed by atoms with Gasteiger partial charge in [0.15, 0.2) is 10.9 Å². The average molecular weight is 427 g/mol. The van der Waals surface area contributed by atoms with Crippen LogP contribution >= 0.6 is 11.8 Å². The van der Waals surface area contributed by atoms with Crippen molar-refractivity contribution in [2.24, 2.45) is 4.99 Å². The topological polar surface area (TPSA) is 122 Å². The number of rotatable bonds is 5. The quantitative estimate of drug-likeness (QED) is 0.334. The molecule has 0 saturated carbocycles. The van der Waals surface area contributed by atoms with Crippen molar-refractivity contribution in [3.05, 3.63) is 68.6 Å². The average Bonchev–Trinajstić information content (AvgIpc) is 3.03. The van der Waals surface area contributed by atoms with Crippen molar-refractivity contribution in [3.63, 3.8) is 0 Å². The highest BCUT2D eigenvalue weighted by atomic mass is 32.2. The molecule has 0 spiro atoms. The third-order valence-electron chi connectivity index (χ3n) is 4.21. The summed E-state index contributed by atoms with van der Waals surface area (Å²) in [6.45, 7) is 2.20. The number of nitro benzene ring substituents is 1. The normalized spacial score (nSPS) is 16.3. The van der Waals surface area contributed by atoms with Gasteiger partial charge in [0.1, 0.15) is 0 Å². The summed E-state index contributed by atoms with van der Waals surface area (Å²) in [7, 11) is 1.30. The van der Waals surface area contributed by atoms with E-state index in [1.165, 1.54) is 36.3 Å². The van der Waals surface area contributed by atoms with Crippen LogP contribution in [0, 0.1) is 10.1 Å². The Labute approximate surface area is 175 Å². The van der Waals surface area contributed by atoms with E-state index in [-0.39, 0.29) is 5.91 Å². The lowest BCUT2D eigenvalue weighted by atomic mass is 10.1. The highest BCUT2D eigenvalue weighted by Gasteiger charge is 2.32. The fourth-order valence-corrected chi connectivity index (χ4v) is 3.76. The molecule has 2 aromatic carbocycles. The van der Waals surface area contributed by atoms with Crippen LogP contribution < -0.4 is 0 Å². The predicted molar refractivity (Wildman–Crippen MR) is 113 cm³/mol. The summed E-state index contributed by atoms with van der Waals surface area (Å²) in [5.74, 6) is -1.17. The molecule has 2 aromatic rings. The first-order chi connectivity index (χ1) is 14.3. The van der Waals surface area contributed by atoms with Crippen LogP contribution in [0.5, 0.6) is 5.75 Å². The van der Waals surface area contributed by atoms with Crippen molar-refractivity contribution in [1.82, 2.24) is 4.90 Å². The third kappa shape index (κ3) is 4.33. The molecule has 1 aliphatic heterocycles. The van der Waals surface area contributed by atoms with Gasteiger partial charge < -0.3 is 9.84 Å². The lowest BCUT2D eigenvalue weighted by Gasteiger charge is -2.12. The summed E-state index contributed by atoms with van der Waals surface area (Å²) < 4.78 is 4.66. The number of esters is 1. The number of ether oxygens (including phenoxy) is 1. The summed E-state index contributed by atoms with van der Waals surface area (Å²) >= 11 is 1.14. The van der Waals surface area contributed by atoms with Crippen molar-refractivity contribution in [3.8, 4) is 5.75 Å². The highest BCUT2D eigenvalue weighted by molar-refractivity contribution is 8.18. The van der Waals surface area contributed by atoms with Crippen molar-refractivity contribution < 1.29 is 24.4 Å². The molecule has 0 aromatic heterocycles. The van der Waals surface area contributed by atoms with E-state index in [1.54, 1.807) is 24.3 Å². The SMILES string of the molecule is CCN1C(=O)/C(=C\c2ccc(O)c([N+](=O)[O-])c2)SC1=Nc1ccc(C(=O)OC)cc1. The predicted octanol–water partition coefficient (Wildman–Crippen LogP) is 3.71. The number of phenolic OH excluding ortho intramolecular Hbond substituents is 1. The summed E-state index contributed by atoms with van der Waals surface area (Å²) in [5, 5.41) is 21.0. The van der Waals surface area contributed by atoms with Gasteiger partial charge in [-0.3, -0.25) is 19.8 Å². The zero-order chi connectivity index (χ0) is 21.8. The van der Waals surface area contributed by atoms with Gasteiger partial charge in [-0.05, 0) is 60.7 Å². The molecule has 1 N–H and O–H groups in total. The molecule has 0 unspecified atom stereocenters. The first kappa shape index (κ1) is 21.1. The second-order valence-corrected chi connectivity index (χ2v) is 7.11. The van der Waals surface area contributed by atoms with E-state index in [4.69, 9.17) is 0 Å². The van der Waals surface area contributed by atoms with Crippen LogP contribution in [-0.4, -0.2) is 45.6 Å². The Kier molecular flexibility index (Phi) is 6.17. The number of phenols is 1. The number of nitro groups is 1. The van der Waals surface area contributed by atoms with Crippen LogP contribution in [0.4, 0.5) is 11.4 Å². The molecule has 10 heteroatoms. The molecule has 1 amide bonds. The second-order valence-electron chi connectivity index (χ2n) is 6.10. The van der Waals surface area contributed by atoms with Crippen LogP contribution in [0.25, 0.3) is 6.08 Å². The maximum absolute atomic E-state index is 12.7. The highest BCUT2D eigenvalue weighted by Crippen LogP contribution is 2.35. The molecule has 9 nitrogen and oxygen atoms in total. The Balaban J connectivity index is 1.90. The van der Waals surface area contributed by atoms with E-state index in [0.717, 1.165) is 11.8 Å². The third-order valence-corrected chi connectivity index (χ3v) is 5.22. The lowest BCUT2D eigenvalue weighted by molar-refractivity contribution is -0.385. The Morgan fingerprint density at radius 3 is 2.60 bits per heavy atom. The van der Waals surface area contributed by atoms with Crippen LogP contribution in [0.1, 0.15) is 22.8 Å². The number of aliphatic imine (C=N–C) groups is 1. The fraction of sp³-hybridized carbons (Fsp3) is 0.150.